The molecular formula is C19H13F3N4O6. The largest absolute Gasteiger partial charge is 0.476 e. The number of anilines is 1. The van der Waals surface area contributed by atoms with Gasteiger partial charge in [-0.2, -0.15) is 18.3 Å². The Bertz CT molecular complexity index is 1220. The number of carbonyl (C=O) groups is 2. The van der Waals surface area contributed by atoms with Crippen molar-refractivity contribution in [2.24, 2.45) is 7.05 Å². The average molecular weight is 450 g/mol. The van der Waals surface area contributed by atoms with Crippen LogP contribution in [0.1, 0.15) is 26.4 Å². The molecule has 166 valence electrons. The lowest BCUT2D eigenvalue weighted by molar-refractivity contribution is -0.384. The normalized spacial score (nSPS) is 11.1. The Hall–Kier alpha value is -4.42. The number of aryl methyl sites for hydroxylation is 1. The van der Waals surface area contributed by atoms with Gasteiger partial charge in [0.15, 0.2) is 5.69 Å². The minimum Gasteiger partial charge on any atom is -0.476 e. The molecule has 0 unspecified atom stereocenters. The highest BCUT2D eigenvalue weighted by Gasteiger charge is 2.30. The van der Waals surface area contributed by atoms with Crippen molar-refractivity contribution in [3.05, 3.63) is 75.6 Å². The number of halogens is 3. The SMILES string of the molecule is Cn1cc(C(=O)Nc2cc(Oc3cccc(C(F)(F)F)c3)cc([N+](=O)[O-])c2)c(C(=O)O)n1. The van der Waals surface area contributed by atoms with Crippen molar-refractivity contribution in [3.8, 4) is 11.5 Å². The molecule has 2 aromatic carbocycles. The topological polar surface area (TPSA) is 137 Å². The van der Waals surface area contributed by atoms with E-state index in [1.54, 1.807) is 0 Å². The molecular weight excluding hydrogens is 437 g/mol. The van der Waals surface area contributed by atoms with Crippen LogP contribution in [0.15, 0.2) is 48.7 Å². The van der Waals surface area contributed by atoms with Gasteiger partial charge in [-0.25, -0.2) is 4.79 Å². The van der Waals surface area contributed by atoms with Crippen LogP contribution >= 0.6 is 0 Å². The van der Waals surface area contributed by atoms with Crippen molar-refractivity contribution in [3.63, 3.8) is 0 Å². The monoisotopic (exact) mass is 450 g/mol. The highest BCUT2D eigenvalue weighted by Crippen LogP contribution is 2.34. The highest BCUT2D eigenvalue weighted by atomic mass is 19.4. The Morgan fingerprint density at radius 1 is 1.19 bits per heavy atom. The van der Waals surface area contributed by atoms with Gasteiger partial charge in [-0.1, -0.05) is 6.07 Å². The van der Waals surface area contributed by atoms with Gasteiger partial charge >= 0.3 is 12.1 Å². The Labute approximate surface area is 177 Å². The minimum atomic E-state index is -4.62. The summed E-state index contributed by atoms with van der Waals surface area (Å²) in [6, 6.07) is 6.96. The molecule has 3 aromatic rings. The van der Waals surface area contributed by atoms with Crippen molar-refractivity contribution in [1.82, 2.24) is 9.78 Å². The molecule has 13 heteroatoms. The van der Waals surface area contributed by atoms with E-state index in [9.17, 15) is 32.9 Å². The summed E-state index contributed by atoms with van der Waals surface area (Å²) in [4.78, 5) is 34.2. The number of benzene rings is 2. The molecule has 0 saturated carbocycles. The van der Waals surface area contributed by atoms with Crippen LogP contribution < -0.4 is 10.1 Å². The van der Waals surface area contributed by atoms with Gasteiger partial charge in [0, 0.05) is 25.4 Å². The number of nitrogens with one attached hydrogen (secondary N) is 1. The third kappa shape index (κ3) is 5.00. The first-order chi connectivity index (χ1) is 14.9. The first-order valence-corrected chi connectivity index (χ1v) is 8.67. The molecule has 0 spiro atoms. The van der Waals surface area contributed by atoms with Gasteiger partial charge in [-0.15, -0.1) is 0 Å². The Balaban J connectivity index is 1.93. The zero-order valence-electron chi connectivity index (χ0n) is 16.1. The molecule has 3 rings (SSSR count). The number of aromatic carboxylic acids is 1. The number of nitrogens with zero attached hydrogens (tertiary/aromatic N) is 3. The lowest BCUT2D eigenvalue weighted by Gasteiger charge is -2.11. The maximum Gasteiger partial charge on any atom is 0.416 e. The maximum atomic E-state index is 12.9. The molecule has 1 aromatic heterocycles. The third-order valence-corrected chi connectivity index (χ3v) is 4.03. The van der Waals surface area contributed by atoms with Gasteiger partial charge in [0.25, 0.3) is 11.6 Å². The van der Waals surface area contributed by atoms with Crippen molar-refractivity contribution < 1.29 is 37.5 Å². The van der Waals surface area contributed by atoms with E-state index in [0.717, 1.165) is 41.2 Å². The number of nitro groups is 1. The summed E-state index contributed by atoms with van der Waals surface area (Å²) in [7, 11) is 1.40. The predicted octanol–water partition coefficient (Wildman–Crippen LogP) is 4.09. The number of ether oxygens (including phenoxy) is 1. The van der Waals surface area contributed by atoms with Crippen LogP contribution in [0.25, 0.3) is 0 Å². The first kappa shape index (κ1) is 22.3. The number of carboxylic acids is 1. The molecule has 0 fully saturated rings. The minimum absolute atomic E-state index is 0.147. The van der Waals surface area contributed by atoms with E-state index in [4.69, 9.17) is 9.84 Å². The molecule has 0 aliphatic heterocycles. The fourth-order valence-corrected chi connectivity index (χ4v) is 2.70. The maximum absolute atomic E-state index is 12.9. The summed E-state index contributed by atoms with van der Waals surface area (Å²) in [5.74, 6) is -2.83. The second-order valence-electron chi connectivity index (χ2n) is 6.42. The zero-order valence-corrected chi connectivity index (χ0v) is 16.1. The average Bonchev–Trinajstić information content (AvgIpc) is 3.09. The fraction of sp³-hybridized carbons (Fsp3) is 0.105. The number of alkyl halides is 3. The fourth-order valence-electron chi connectivity index (χ4n) is 2.70. The van der Waals surface area contributed by atoms with Crippen molar-refractivity contribution in [1.29, 1.82) is 0 Å². The van der Waals surface area contributed by atoms with Crippen LogP contribution in [0.2, 0.25) is 0 Å². The van der Waals surface area contributed by atoms with E-state index >= 15 is 0 Å². The van der Waals surface area contributed by atoms with E-state index in [1.807, 2.05) is 0 Å². The van der Waals surface area contributed by atoms with Crippen LogP contribution in [0, 0.1) is 10.1 Å². The standard InChI is InChI=1S/C19H13F3N4O6/c1-25-9-15(16(24-25)18(28)29)17(27)23-11-6-12(26(30)31)8-14(7-11)32-13-4-2-3-10(5-13)19(20,21)22/h2-9H,1H3,(H,23,27)(H,28,29). The number of nitro benzene ring substituents is 1. The molecule has 1 heterocycles. The van der Waals surface area contributed by atoms with Crippen LogP contribution in [0.4, 0.5) is 24.5 Å². The number of aromatic nitrogens is 2. The van der Waals surface area contributed by atoms with E-state index in [0.29, 0.717) is 6.07 Å². The summed E-state index contributed by atoms with van der Waals surface area (Å²) in [5, 5.41) is 26.4. The van der Waals surface area contributed by atoms with Crippen LogP contribution in [-0.4, -0.2) is 31.7 Å². The van der Waals surface area contributed by atoms with Gasteiger partial charge in [-0.3, -0.25) is 19.6 Å². The number of hydrogen-bond acceptors (Lipinski definition) is 6. The molecule has 0 atom stereocenters. The highest BCUT2D eigenvalue weighted by molar-refractivity contribution is 6.10. The third-order valence-electron chi connectivity index (χ3n) is 4.03. The van der Waals surface area contributed by atoms with Crippen LogP contribution in [0.5, 0.6) is 11.5 Å². The lowest BCUT2D eigenvalue weighted by Crippen LogP contribution is -2.15. The number of carbonyl (C=O) groups excluding carboxylic acids is 1. The van der Waals surface area contributed by atoms with Crippen molar-refractivity contribution >= 4 is 23.3 Å². The van der Waals surface area contributed by atoms with Crippen molar-refractivity contribution in [2.75, 3.05) is 5.32 Å². The first-order valence-electron chi connectivity index (χ1n) is 8.67. The summed E-state index contributed by atoms with van der Waals surface area (Å²) in [6.07, 6.45) is -3.47. The molecule has 0 radical (unpaired) electrons. The molecule has 32 heavy (non-hydrogen) atoms. The Morgan fingerprint density at radius 2 is 1.91 bits per heavy atom. The molecule has 0 saturated heterocycles. The van der Waals surface area contributed by atoms with E-state index in [1.165, 1.54) is 13.1 Å². The van der Waals surface area contributed by atoms with E-state index < -0.39 is 39.9 Å². The number of amides is 1. The van der Waals surface area contributed by atoms with E-state index in [2.05, 4.69) is 10.4 Å². The van der Waals surface area contributed by atoms with Gasteiger partial charge in [0.05, 0.1) is 27.8 Å². The van der Waals surface area contributed by atoms with Gasteiger partial charge < -0.3 is 15.2 Å². The Kier molecular flexibility index (Phi) is 5.83. The molecule has 10 nitrogen and oxygen atoms in total. The Morgan fingerprint density at radius 3 is 2.53 bits per heavy atom. The second kappa shape index (κ2) is 8.37. The number of rotatable bonds is 6. The van der Waals surface area contributed by atoms with Crippen LogP contribution in [-0.2, 0) is 13.2 Å². The summed E-state index contributed by atoms with van der Waals surface area (Å²) >= 11 is 0. The predicted molar refractivity (Wildman–Crippen MR) is 103 cm³/mol. The quantitative estimate of drug-likeness (QED) is 0.426. The number of carboxylic acid groups (broad SMARTS) is 1. The summed E-state index contributed by atoms with van der Waals surface area (Å²) in [6.45, 7) is 0. The van der Waals surface area contributed by atoms with Gasteiger partial charge in [-0.05, 0) is 18.2 Å². The molecule has 0 aliphatic rings. The zero-order chi connectivity index (χ0) is 23.6. The van der Waals surface area contributed by atoms with Crippen LogP contribution in [0.3, 0.4) is 0 Å². The summed E-state index contributed by atoms with van der Waals surface area (Å²) < 4.78 is 45.1. The molecule has 0 bridgehead atoms. The van der Waals surface area contributed by atoms with Gasteiger partial charge in [0.1, 0.15) is 11.5 Å². The number of non-ortho nitro benzene ring substituents is 1. The lowest BCUT2D eigenvalue weighted by atomic mass is 10.2. The van der Waals surface area contributed by atoms with Crippen molar-refractivity contribution in [2.45, 2.75) is 6.18 Å². The van der Waals surface area contributed by atoms with Gasteiger partial charge in [0.2, 0.25) is 0 Å². The molecule has 1 amide bonds. The molecule has 0 aliphatic carbocycles. The second-order valence-corrected chi connectivity index (χ2v) is 6.42. The van der Waals surface area contributed by atoms with E-state index in [-0.39, 0.29) is 22.7 Å². The smallest absolute Gasteiger partial charge is 0.416 e. The summed E-state index contributed by atoms with van der Waals surface area (Å²) in [5.41, 5.74) is -2.48. The molecule has 2 N–H and O–H groups in total. The number of hydrogen-bond donors (Lipinski definition) is 2.